The summed E-state index contributed by atoms with van der Waals surface area (Å²) in [7, 11) is 0. The first-order chi connectivity index (χ1) is 21.2. The number of ether oxygens (including phenoxy) is 3. The van der Waals surface area contributed by atoms with Gasteiger partial charge in [0, 0.05) is 44.1 Å². The van der Waals surface area contributed by atoms with Crippen LogP contribution in [-0.2, 0) is 38.6 Å². The molecule has 0 bridgehead atoms. The summed E-state index contributed by atoms with van der Waals surface area (Å²) >= 11 is 0. The summed E-state index contributed by atoms with van der Waals surface area (Å²) in [5.41, 5.74) is 7.93. The molecule has 3 N–H and O–H groups in total. The van der Waals surface area contributed by atoms with Gasteiger partial charge in [-0.2, -0.15) is 0 Å². The fraction of sp³-hybridized carbons (Fsp3) is 0.457. The van der Waals surface area contributed by atoms with Crippen molar-refractivity contribution in [1.29, 1.82) is 5.41 Å². The lowest BCUT2D eigenvalue weighted by Crippen LogP contribution is -2.42. The molecule has 234 valence electrons. The van der Waals surface area contributed by atoms with E-state index in [0.29, 0.717) is 18.5 Å². The van der Waals surface area contributed by atoms with E-state index in [4.69, 9.17) is 24.6 Å². The monoisotopic (exact) mass is 600 g/mol. The van der Waals surface area contributed by atoms with Crippen molar-refractivity contribution in [2.45, 2.75) is 85.1 Å². The molecule has 1 saturated heterocycles. The lowest BCUT2D eigenvalue weighted by Gasteiger charge is -2.38. The third kappa shape index (κ3) is 7.22. The van der Waals surface area contributed by atoms with E-state index < -0.39 is 5.97 Å². The van der Waals surface area contributed by atoms with Gasteiger partial charge in [-0.3, -0.25) is 4.90 Å². The van der Waals surface area contributed by atoms with Gasteiger partial charge in [-0.05, 0) is 99.8 Å². The van der Waals surface area contributed by atoms with Crippen molar-refractivity contribution < 1.29 is 24.1 Å². The van der Waals surface area contributed by atoms with E-state index in [1.807, 2.05) is 12.1 Å². The van der Waals surface area contributed by atoms with Crippen molar-refractivity contribution in [3.8, 4) is 0 Å². The predicted molar refractivity (Wildman–Crippen MR) is 171 cm³/mol. The minimum Gasteiger partial charge on any atom is -0.488 e. The van der Waals surface area contributed by atoms with Crippen molar-refractivity contribution >= 4 is 23.6 Å². The van der Waals surface area contributed by atoms with E-state index in [0.717, 1.165) is 81.6 Å². The lowest BCUT2D eigenvalue weighted by molar-refractivity contribution is -0.132. The number of benzene rings is 1. The van der Waals surface area contributed by atoms with Crippen molar-refractivity contribution in [1.82, 2.24) is 9.88 Å². The van der Waals surface area contributed by atoms with E-state index in [2.05, 4.69) is 42.3 Å². The van der Waals surface area contributed by atoms with Gasteiger partial charge in [0.05, 0.1) is 11.8 Å². The van der Waals surface area contributed by atoms with E-state index in [9.17, 15) is 9.90 Å². The molecule has 0 spiro atoms. The van der Waals surface area contributed by atoms with E-state index in [1.54, 1.807) is 19.9 Å². The molecule has 0 radical (unpaired) electrons. The molecule has 3 heterocycles. The average Bonchev–Trinajstić information content (AvgIpc) is 3.01. The summed E-state index contributed by atoms with van der Waals surface area (Å²) < 4.78 is 17.9. The number of aromatic nitrogens is 1. The van der Waals surface area contributed by atoms with E-state index in [-0.39, 0.29) is 17.6 Å². The number of hydrogen-bond acceptors (Lipinski definition) is 8. The molecular weight excluding hydrogens is 556 g/mol. The number of carbonyl (C=O) groups is 1. The standard InChI is InChI=1S/C35H44N4O5/c1-22(2)44-34(30(19-36)35(40)41)38-32-10-6-9-31(37-32)29-8-5-7-23(3)33(29)43-21-26-12-11-25-20-39(16-13-28(25)24(26)4)27-14-17-42-18-15-27/h6,8-12,19,22,27,36H,5,7,13-18,20-21H2,1-4H3,(H,37,38)(H,40,41)/b34-30-,36-19?. The zero-order valence-corrected chi connectivity index (χ0v) is 26.2. The molecule has 0 atom stereocenters. The van der Waals surface area contributed by atoms with Crippen molar-refractivity contribution in [2.24, 2.45) is 0 Å². The van der Waals surface area contributed by atoms with Gasteiger partial charge in [0.15, 0.2) is 0 Å². The van der Waals surface area contributed by atoms with E-state index >= 15 is 0 Å². The van der Waals surface area contributed by atoms with Crippen LogP contribution < -0.4 is 5.32 Å². The highest BCUT2D eigenvalue weighted by molar-refractivity contribution is 6.08. The third-order valence-electron chi connectivity index (χ3n) is 8.65. The number of nitrogens with one attached hydrogen (secondary N) is 2. The van der Waals surface area contributed by atoms with Gasteiger partial charge < -0.3 is 30.0 Å². The topological polar surface area (TPSA) is 117 Å². The van der Waals surface area contributed by atoms with Gasteiger partial charge in [-0.1, -0.05) is 24.3 Å². The van der Waals surface area contributed by atoms with Crippen LogP contribution in [0, 0.1) is 12.3 Å². The maximum atomic E-state index is 11.7. The SMILES string of the molecule is CC1=C(OCc2ccc3c(c2C)CCN(C2CCOCC2)C3)C(c2cccc(N/C(OC(C)C)=C(\C=N)C(=O)O)n2)=CCC1. The zero-order valence-electron chi connectivity index (χ0n) is 26.2. The third-order valence-corrected chi connectivity index (χ3v) is 8.65. The van der Waals surface area contributed by atoms with Crippen LogP contribution in [0.3, 0.4) is 0 Å². The summed E-state index contributed by atoms with van der Waals surface area (Å²) in [6.07, 6.45) is 7.72. The Kier molecular flexibility index (Phi) is 10.2. The van der Waals surface area contributed by atoms with Gasteiger partial charge >= 0.3 is 5.97 Å². The summed E-state index contributed by atoms with van der Waals surface area (Å²) in [6.45, 7) is 12.2. The molecule has 3 aliphatic rings. The lowest BCUT2D eigenvalue weighted by atomic mass is 9.90. The van der Waals surface area contributed by atoms with Gasteiger partial charge in [-0.15, -0.1) is 0 Å². The molecule has 2 aromatic rings. The largest absolute Gasteiger partial charge is 0.488 e. The summed E-state index contributed by atoms with van der Waals surface area (Å²) in [4.78, 5) is 19.1. The number of hydrogen-bond donors (Lipinski definition) is 3. The average molecular weight is 601 g/mol. The molecular formula is C35H44N4O5. The van der Waals surface area contributed by atoms with Crippen molar-refractivity contribution in [3.05, 3.63) is 87.1 Å². The number of nitrogens with zero attached hydrogens (tertiary/aromatic N) is 2. The Morgan fingerprint density at radius 3 is 2.73 bits per heavy atom. The summed E-state index contributed by atoms with van der Waals surface area (Å²) in [5.74, 6) is -0.0180. The fourth-order valence-electron chi connectivity index (χ4n) is 6.26. The molecule has 0 saturated carbocycles. The maximum absolute atomic E-state index is 11.7. The van der Waals surface area contributed by atoms with Crippen LogP contribution in [0.5, 0.6) is 0 Å². The molecule has 1 aliphatic carbocycles. The molecule has 9 nitrogen and oxygen atoms in total. The number of allylic oxidation sites excluding steroid dienone is 3. The Hall–Kier alpha value is -3.95. The maximum Gasteiger partial charge on any atom is 0.342 e. The van der Waals surface area contributed by atoms with Crippen LogP contribution in [0.2, 0.25) is 0 Å². The second kappa shape index (κ2) is 14.2. The second-order valence-corrected chi connectivity index (χ2v) is 12.0. The van der Waals surface area contributed by atoms with Crippen molar-refractivity contribution in [3.63, 3.8) is 0 Å². The minimum atomic E-state index is -1.25. The number of carboxylic acids is 1. The highest BCUT2D eigenvalue weighted by Gasteiger charge is 2.27. The first-order valence-electron chi connectivity index (χ1n) is 15.6. The molecule has 9 heteroatoms. The molecule has 1 aromatic carbocycles. The van der Waals surface area contributed by atoms with Crippen LogP contribution in [0.25, 0.3) is 5.57 Å². The van der Waals surface area contributed by atoms with Crippen molar-refractivity contribution in [2.75, 3.05) is 25.1 Å². The number of fused-ring (bicyclic) bond motifs is 1. The predicted octanol–water partition coefficient (Wildman–Crippen LogP) is 6.38. The molecule has 0 amide bonds. The van der Waals surface area contributed by atoms with Gasteiger partial charge in [0.1, 0.15) is 23.8 Å². The number of pyridine rings is 1. The quantitative estimate of drug-likeness (QED) is 0.155. The fourth-order valence-corrected chi connectivity index (χ4v) is 6.26. The van der Waals surface area contributed by atoms with Crippen LogP contribution in [0.4, 0.5) is 5.82 Å². The molecule has 2 aliphatic heterocycles. The Bertz CT molecular complexity index is 1490. The molecule has 0 unspecified atom stereocenters. The summed E-state index contributed by atoms with van der Waals surface area (Å²) in [5, 5.41) is 20.1. The molecule has 44 heavy (non-hydrogen) atoms. The Balaban J connectivity index is 1.32. The first-order valence-corrected chi connectivity index (χ1v) is 15.6. The van der Waals surface area contributed by atoms with Gasteiger partial charge in [0.25, 0.3) is 0 Å². The van der Waals surface area contributed by atoms with Crippen LogP contribution in [-0.4, -0.2) is 59.1 Å². The Morgan fingerprint density at radius 1 is 1.20 bits per heavy atom. The van der Waals surface area contributed by atoms with Crippen LogP contribution in [0.1, 0.15) is 74.4 Å². The zero-order chi connectivity index (χ0) is 31.2. The smallest absolute Gasteiger partial charge is 0.342 e. The molecule has 1 aromatic heterocycles. The number of rotatable bonds is 11. The van der Waals surface area contributed by atoms with Gasteiger partial charge in [0.2, 0.25) is 5.88 Å². The molecule has 1 fully saturated rings. The normalized spacial score (nSPS) is 18.3. The molecule has 5 rings (SSSR count). The van der Waals surface area contributed by atoms with Gasteiger partial charge in [-0.25, -0.2) is 9.78 Å². The van der Waals surface area contributed by atoms with Crippen LogP contribution in [0.15, 0.2) is 59.2 Å². The number of aliphatic carboxylic acids is 1. The first kappa shape index (κ1) is 31.5. The number of anilines is 1. The van der Waals surface area contributed by atoms with E-state index in [1.165, 1.54) is 27.8 Å². The Morgan fingerprint density at radius 2 is 2.00 bits per heavy atom. The highest BCUT2D eigenvalue weighted by Crippen LogP contribution is 2.35. The highest BCUT2D eigenvalue weighted by atomic mass is 16.5. The Labute approximate surface area is 260 Å². The second-order valence-electron chi connectivity index (χ2n) is 12.0. The number of carboxylic acid groups (broad SMARTS) is 1. The minimum absolute atomic E-state index is 0.0215. The van der Waals surface area contributed by atoms with Crippen LogP contribution >= 0.6 is 0 Å². The summed E-state index contributed by atoms with van der Waals surface area (Å²) in [6, 6.07) is 10.7.